The zero-order valence-corrected chi connectivity index (χ0v) is 20.7. The van der Waals surface area contributed by atoms with Gasteiger partial charge < -0.3 is 15.0 Å². The summed E-state index contributed by atoms with van der Waals surface area (Å²) in [6.45, 7) is 1.94. The van der Waals surface area contributed by atoms with Gasteiger partial charge in [-0.15, -0.1) is 0 Å². The van der Waals surface area contributed by atoms with Gasteiger partial charge in [-0.2, -0.15) is 0 Å². The lowest BCUT2D eigenvalue weighted by Crippen LogP contribution is -2.34. The first-order valence-corrected chi connectivity index (χ1v) is 11.5. The molecule has 0 spiro atoms. The predicted octanol–water partition coefficient (Wildman–Crippen LogP) is 5.18. The quantitative estimate of drug-likeness (QED) is 0.416. The van der Waals surface area contributed by atoms with Crippen LogP contribution in [-0.2, 0) is 11.2 Å². The number of hydrogen-bond acceptors (Lipinski definition) is 4. The maximum atomic E-state index is 12.9. The lowest BCUT2D eigenvalue weighted by atomic mass is 10.1. The third kappa shape index (κ3) is 7.13. The highest BCUT2D eigenvalue weighted by Gasteiger charge is 2.15. The van der Waals surface area contributed by atoms with E-state index in [4.69, 9.17) is 17.0 Å². The Morgan fingerprint density at radius 2 is 1.73 bits per heavy atom. The van der Waals surface area contributed by atoms with E-state index in [1.54, 1.807) is 43.4 Å². The van der Waals surface area contributed by atoms with Gasteiger partial charge in [0, 0.05) is 36.2 Å². The third-order valence-corrected chi connectivity index (χ3v) is 5.59. The molecule has 0 unspecified atom stereocenters. The number of nitrogens with zero attached hydrogens (tertiary/aromatic N) is 1. The smallest absolute Gasteiger partial charge is 0.261 e. The van der Waals surface area contributed by atoms with Gasteiger partial charge in [0.1, 0.15) is 5.75 Å². The molecule has 0 fully saturated rings. The summed E-state index contributed by atoms with van der Waals surface area (Å²) in [5, 5.41) is 5.83. The summed E-state index contributed by atoms with van der Waals surface area (Å²) in [7, 11) is 1.70. The van der Waals surface area contributed by atoms with Gasteiger partial charge in [-0.3, -0.25) is 14.9 Å². The fourth-order valence-corrected chi connectivity index (χ4v) is 3.58. The molecule has 0 saturated carbocycles. The van der Waals surface area contributed by atoms with Gasteiger partial charge in [0.15, 0.2) is 5.11 Å². The number of halogens is 1. The zero-order chi connectivity index (χ0) is 23.8. The second-order valence-electron chi connectivity index (χ2n) is 7.26. The van der Waals surface area contributed by atoms with Crippen LogP contribution in [0.1, 0.15) is 22.8 Å². The minimum Gasteiger partial charge on any atom is -0.492 e. The van der Waals surface area contributed by atoms with Crippen LogP contribution in [0, 0.1) is 0 Å². The van der Waals surface area contributed by atoms with E-state index in [0.717, 1.165) is 22.1 Å². The average molecular weight is 526 g/mol. The summed E-state index contributed by atoms with van der Waals surface area (Å²) in [4.78, 5) is 25.9. The second-order valence-corrected chi connectivity index (χ2v) is 8.58. The summed E-state index contributed by atoms with van der Waals surface area (Å²) >= 11 is 8.71. The maximum Gasteiger partial charge on any atom is 0.261 e. The van der Waals surface area contributed by atoms with Crippen molar-refractivity contribution < 1.29 is 14.3 Å². The summed E-state index contributed by atoms with van der Waals surface area (Å²) < 4.78 is 6.65. The molecule has 0 atom stereocenters. The van der Waals surface area contributed by atoms with Gasteiger partial charge in [-0.25, -0.2) is 0 Å². The standard InChI is InChI=1S/C25H24BrN3O3S/c1-17(30)29(2)21-11-9-20(10-12-21)27-25(33)28-24(31)22-16-19(26)8-13-23(22)32-15-14-18-6-4-3-5-7-18/h3-13,16H,14-15H2,1-2H3,(H2,27,28,31,33). The van der Waals surface area contributed by atoms with E-state index >= 15 is 0 Å². The van der Waals surface area contributed by atoms with Crippen LogP contribution in [0.3, 0.4) is 0 Å². The van der Waals surface area contributed by atoms with Gasteiger partial charge in [0.05, 0.1) is 12.2 Å². The van der Waals surface area contributed by atoms with Crippen LogP contribution in [0.25, 0.3) is 0 Å². The van der Waals surface area contributed by atoms with E-state index in [9.17, 15) is 9.59 Å². The summed E-state index contributed by atoms with van der Waals surface area (Å²) in [5.41, 5.74) is 2.98. The van der Waals surface area contributed by atoms with Crippen molar-refractivity contribution in [3.05, 3.63) is 88.4 Å². The van der Waals surface area contributed by atoms with Gasteiger partial charge in [-0.1, -0.05) is 46.3 Å². The molecule has 3 aromatic carbocycles. The molecule has 0 aromatic heterocycles. The fraction of sp³-hybridized carbons (Fsp3) is 0.160. The van der Waals surface area contributed by atoms with Crippen LogP contribution in [0.5, 0.6) is 5.75 Å². The van der Waals surface area contributed by atoms with Crippen molar-refractivity contribution in [2.24, 2.45) is 0 Å². The van der Waals surface area contributed by atoms with Crippen LogP contribution < -0.4 is 20.3 Å². The van der Waals surface area contributed by atoms with Crippen LogP contribution in [0.4, 0.5) is 11.4 Å². The van der Waals surface area contributed by atoms with Crippen LogP contribution in [0.15, 0.2) is 77.3 Å². The molecule has 0 aliphatic heterocycles. The topological polar surface area (TPSA) is 70.7 Å². The van der Waals surface area contributed by atoms with E-state index in [1.165, 1.54) is 11.8 Å². The average Bonchev–Trinajstić information content (AvgIpc) is 2.80. The van der Waals surface area contributed by atoms with E-state index in [0.29, 0.717) is 23.6 Å². The number of hydrogen-bond donors (Lipinski definition) is 2. The molecule has 3 rings (SSSR count). The molecule has 8 heteroatoms. The predicted molar refractivity (Wildman–Crippen MR) is 139 cm³/mol. The van der Waals surface area contributed by atoms with Crippen LogP contribution in [-0.4, -0.2) is 30.6 Å². The van der Waals surface area contributed by atoms with Crippen molar-refractivity contribution in [1.29, 1.82) is 0 Å². The van der Waals surface area contributed by atoms with Crippen molar-refractivity contribution in [2.45, 2.75) is 13.3 Å². The lowest BCUT2D eigenvalue weighted by molar-refractivity contribution is -0.116. The Kier molecular flexibility index (Phi) is 8.57. The first-order chi connectivity index (χ1) is 15.8. The molecular weight excluding hydrogens is 502 g/mol. The van der Waals surface area contributed by atoms with Crippen molar-refractivity contribution in [3.8, 4) is 5.75 Å². The molecule has 0 aliphatic rings. The fourth-order valence-electron chi connectivity index (χ4n) is 3.01. The molecule has 0 aliphatic carbocycles. The Morgan fingerprint density at radius 1 is 1.03 bits per heavy atom. The zero-order valence-electron chi connectivity index (χ0n) is 18.3. The van der Waals surface area contributed by atoms with E-state index < -0.39 is 0 Å². The SMILES string of the molecule is CC(=O)N(C)c1ccc(NC(=S)NC(=O)c2cc(Br)ccc2OCCc2ccccc2)cc1. The number of thiocarbonyl (C=S) groups is 1. The number of amides is 2. The molecular formula is C25H24BrN3O3S. The molecule has 33 heavy (non-hydrogen) atoms. The largest absolute Gasteiger partial charge is 0.492 e. The summed E-state index contributed by atoms with van der Waals surface area (Å²) in [6.07, 6.45) is 0.729. The minimum absolute atomic E-state index is 0.0608. The van der Waals surface area contributed by atoms with E-state index in [1.807, 2.05) is 36.4 Å². The summed E-state index contributed by atoms with van der Waals surface area (Å²) in [6, 6.07) is 22.4. The Morgan fingerprint density at radius 3 is 2.39 bits per heavy atom. The Bertz CT molecular complexity index is 1140. The number of nitrogens with one attached hydrogen (secondary N) is 2. The first-order valence-electron chi connectivity index (χ1n) is 10.3. The normalized spacial score (nSPS) is 10.3. The van der Waals surface area contributed by atoms with Crippen LogP contribution in [0.2, 0.25) is 0 Å². The Labute approximate surface area is 207 Å². The van der Waals surface area contributed by atoms with E-state index in [-0.39, 0.29) is 16.9 Å². The number of ether oxygens (including phenoxy) is 1. The number of rotatable bonds is 7. The molecule has 2 amide bonds. The monoisotopic (exact) mass is 525 g/mol. The number of carbonyl (C=O) groups excluding carboxylic acids is 2. The molecule has 3 aromatic rings. The van der Waals surface area contributed by atoms with Crippen molar-refractivity contribution in [1.82, 2.24) is 5.32 Å². The van der Waals surface area contributed by atoms with Gasteiger partial charge in [-0.05, 0) is 60.2 Å². The molecule has 0 bridgehead atoms. The van der Waals surface area contributed by atoms with E-state index in [2.05, 4.69) is 26.6 Å². The highest BCUT2D eigenvalue weighted by molar-refractivity contribution is 9.10. The Balaban J connectivity index is 1.61. The molecule has 2 N–H and O–H groups in total. The second kappa shape index (κ2) is 11.6. The van der Waals surface area contributed by atoms with Gasteiger partial charge in [0.2, 0.25) is 5.91 Å². The molecule has 0 radical (unpaired) electrons. The third-order valence-electron chi connectivity index (χ3n) is 4.89. The molecule has 0 heterocycles. The number of benzene rings is 3. The van der Waals surface area contributed by atoms with Gasteiger partial charge >= 0.3 is 0 Å². The number of anilines is 2. The minimum atomic E-state index is -0.378. The summed E-state index contributed by atoms with van der Waals surface area (Å²) in [5.74, 6) is 0.0387. The maximum absolute atomic E-state index is 12.9. The Hall–Kier alpha value is -3.23. The first kappa shape index (κ1) is 24.4. The molecule has 6 nitrogen and oxygen atoms in total. The highest BCUT2D eigenvalue weighted by atomic mass is 79.9. The lowest BCUT2D eigenvalue weighted by Gasteiger charge is -2.16. The van der Waals surface area contributed by atoms with Crippen LogP contribution >= 0.6 is 28.1 Å². The van der Waals surface area contributed by atoms with Gasteiger partial charge in [0.25, 0.3) is 5.91 Å². The van der Waals surface area contributed by atoms with Crippen molar-refractivity contribution >= 4 is 56.4 Å². The van der Waals surface area contributed by atoms with Crippen molar-refractivity contribution in [3.63, 3.8) is 0 Å². The highest BCUT2D eigenvalue weighted by Crippen LogP contribution is 2.24. The number of carbonyl (C=O) groups is 2. The molecule has 0 saturated heterocycles. The molecule has 170 valence electrons. The van der Waals surface area contributed by atoms with Crippen molar-refractivity contribution in [2.75, 3.05) is 23.9 Å².